The van der Waals surface area contributed by atoms with Crippen molar-refractivity contribution in [3.63, 3.8) is 0 Å². The molecule has 1 aliphatic rings. The van der Waals surface area contributed by atoms with Gasteiger partial charge in [0.2, 0.25) is 0 Å². The van der Waals surface area contributed by atoms with Gasteiger partial charge < -0.3 is 5.73 Å². The molecule has 5 heteroatoms. The lowest BCUT2D eigenvalue weighted by atomic mass is 9.76. The average molecular weight is 271 g/mol. The molecule has 1 saturated carbocycles. The number of para-hydroxylation sites is 1. The number of hydrogen-bond acceptors (Lipinski definition) is 4. The molecule has 2 aromatic rings. The first kappa shape index (κ1) is 13.2. The smallest absolute Gasteiger partial charge is 0.158 e. The molecular formula is C15H21N5. The molecule has 1 heterocycles. The SMILES string of the molecule is CC1CCC(N)(Cc2nnnn2-c2ccccc2)CC1. The predicted octanol–water partition coefficient (Wildman–Crippen LogP) is 2.11. The van der Waals surface area contributed by atoms with Crippen LogP contribution in [0, 0.1) is 5.92 Å². The van der Waals surface area contributed by atoms with Crippen molar-refractivity contribution in [2.75, 3.05) is 0 Å². The van der Waals surface area contributed by atoms with Crippen LogP contribution in [0.15, 0.2) is 30.3 Å². The third-order valence-electron chi connectivity index (χ3n) is 4.32. The van der Waals surface area contributed by atoms with E-state index in [-0.39, 0.29) is 5.54 Å². The summed E-state index contributed by atoms with van der Waals surface area (Å²) in [7, 11) is 0. The monoisotopic (exact) mass is 271 g/mol. The third-order valence-corrected chi connectivity index (χ3v) is 4.32. The van der Waals surface area contributed by atoms with Gasteiger partial charge in [0.25, 0.3) is 0 Å². The lowest BCUT2D eigenvalue weighted by Gasteiger charge is -2.35. The van der Waals surface area contributed by atoms with Gasteiger partial charge in [-0.15, -0.1) is 5.10 Å². The molecule has 0 bridgehead atoms. The number of aromatic nitrogens is 4. The molecule has 1 aliphatic carbocycles. The van der Waals surface area contributed by atoms with E-state index in [1.165, 1.54) is 12.8 Å². The quantitative estimate of drug-likeness (QED) is 0.928. The van der Waals surface area contributed by atoms with Crippen LogP contribution in [0.4, 0.5) is 0 Å². The Hall–Kier alpha value is -1.75. The standard InChI is InChI=1S/C15H21N5/c1-12-7-9-15(16,10-8-12)11-14-17-18-19-20(14)13-5-3-2-4-6-13/h2-6,12H,7-11,16H2,1H3. The van der Waals surface area contributed by atoms with Gasteiger partial charge in [0.05, 0.1) is 5.69 Å². The first-order chi connectivity index (χ1) is 9.66. The zero-order chi connectivity index (χ0) is 14.0. The van der Waals surface area contributed by atoms with Gasteiger partial charge in [-0.3, -0.25) is 0 Å². The van der Waals surface area contributed by atoms with Crippen molar-refractivity contribution in [3.8, 4) is 5.69 Å². The van der Waals surface area contributed by atoms with Crippen molar-refractivity contribution in [1.82, 2.24) is 20.2 Å². The number of tetrazole rings is 1. The highest BCUT2D eigenvalue weighted by Crippen LogP contribution is 2.32. The molecule has 5 nitrogen and oxygen atoms in total. The van der Waals surface area contributed by atoms with Crippen LogP contribution in [0.5, 0.6) is 0 Å². The maximum atomic E-state index is 6.55. The van der Waals surface area contributed by atoms with Crippen molar-refractivity contribution in [1.29, 1.82) is 0 Å². The first-order valence-corrected chi connectivity index (χ1v) is 7.28. The zero-order valence-electron chi connectivity index (χ0n) is 11.9. The van der Waals surface area contributed by atoms with Gasteiger partial charge >= 0.3 is 0 Å². The van der Waals surface area contributed by atoms with E-state index >= 15 is 0 Å². The van der Waals surface area contributed by atoms with Gasteiger partial charge in [-0.05, 0) is 54.2 Å². The summed E-state index contributed by atoms with van der Waals surface area (Å²) in [5, 5.41) is 12.1. The van der Waals surface area contributed by atoms with Gasteiger partial charge in [-0.1, -0.05) is 25.1 Å². The van der Waals surface area contributed by atoms with Crippen LogP contribution >= 0.6 is 0 Å². The fourth-order valence-electron chi connectivity index (χ4n) is 2.91. The van der Waals surface area contributed by atoms with E-state index in [0.29, 0.717) is 0 Å². The van der Waals surface area contributed by atoms with Crippen LogP contribution in [0.1, 0.15) is 38.4 Å². The van der Waals surface area contributed by atoms with Gasteiger partial charge in [0.1, 0.15) is 0 Å². The Kier molecular flexibility index (Phi) is 3.53. The molecule has 0 radical (unpaired) electrons. The van der Waals surface area contributed by atoms with Crippen LogP contribution in [-0.4, -0.2) is 25.7 Å². The second-order valence-electron chi connectivity index (χ2n) is 6.06. The average Bonchev–Trinajstić information content (AvgIpc) is 2.91. The number of hydrogen-bond donors (Lipinski definition) is 1. The highest BCUT2D eigenvalue weighted by atomic mass is 15.5. The zero-order valence-corrected chi connectivity index (χ0v) is 11.9. The Labute approximate surface area is 119 Å². The van der Waals surface area contributed by atoms with Gasteiger partial charge in [0, 0.05) is 12.0 Å². The summed E-state index contributed by atoms with van der Waals surface area (Å²) in [5.74, 6) is 1.64. The summed E-state index contributed by atoms with van der Waals surface area (Å²) in [4.78, 5) is 0. The van der Waals surface area contributed by atoms with E-state index in [9.17, 15) is 0 Å². The number of nitrogens with two attached hydrogens (primary N) is 1. The molecule has 106 valence electrons. The maximum absolute atomic E-state index is 6.55. The number of rotatable bonds is 3. The summed E-state index contributed by atoms with van der Waals surface area (Å²) in [6, 6.07) is 9.97. The molecule has 0 atom stereocenters. The molecular weight excluding hydrogens is 250 g/mol. The van der Waals surface area contributed by atoms with Crippen molar-refractivity contribution in [2.24, 2.45) is 11.7 Å². The van der Waals surface area contributed by atoms with Crippen molar-refractivity contribution in [3.05, 3.63) is 36.2 Å². The molecule has 1 fully saturated rings. The van der Waals surface area contributed by atoms with E-state index in [4.69, 9.17) is 5.73 Å². The van der Waals surface area contributed by atoms with Crippen LogP contribution in [0.3, 0.4) is 0 Å². The molecule has 0 unspecified atom stereocenters. The largest absolute Gasteiger partial charge is 0.325 e. The summed E-state index contributed by atoms with van der Waals surface area (Å²) < 4.78 is 1.80. The Morgan fingerprint density at radius 2 is 1.95 bits per heavy atom. The predicted molar refractivity (Wildman–Crippen MR) is 77.4 cm³/mol. The van der Waals surface area contributed by atoms with E-state index in [2.05, 4.69) is 22.4 Å². The Balaban J connectivity index is 1.81. The highest BCUT2D eigenvalue weighted by Gasteiger charge is 2.32. The van der Waals surface area contributed by atoms with Crippen LogP contribution in [-0.2, 0) is 6.42 Å². The van der Waals surface area contributed by atoms with Crippen LogP contribution in [0.2, 0.25) is 0 Å². The van der Waals surface area contributed by atoms with E-state index in [1.807, 2.05) is 30.3 Å². The molecule has 0 aliphatic heterocycles. The number of benzene rings is 1. The minimum atomic E-state index is -0.159. The molecule has 20 heavy (non-hydrogen) atoms. The lowest BCUT2D eigenvalue weighted by Crippen LogP contribution is -2.45. The summed E-state index contributed by atoms with van der Waals surface area (Å²) in [5.41, 5.74) is 7.38. The molecule has 3 rings (SSSR count). The third kappa shape index (κ3) is 2.72. The van der Waals surface area contributed by atoms with Gasteiger partial charge in [-0.2, -0.15) is 4.68 Å². The van der Waals surface area contributed by atoms with Gasteiger partial charge in [0.15, 0.2) is 5.82 Å². The Bertz CT molecular complexity index is 555. The number of nitrogens with zero attached hydrogens (tertiary/aromatic N) is 4. The highest BCUT2D eigenvalue weighted by molar-refractivity contribution is 5.30. The molecule has 0 spiro atoms. The van der Waals surface area contributed by atoms with E-state index in [1.54, 1.807) is 4.68 Å². The second kappa shape index (κ2) is 5.32. The minimum Gasteiger partial charge on any atom is -0.325 e. The minimum absolute atomic E-state index is 0.159. The van der Waals surface area contributed by atoms with Crippen molar-refractivity contribution >= 4 is 0 Å². The topological polar surface area (TPSA) is 69.6 Å². The molecule has 1 aromatic heterocycles. The second-order valence-corrected chi connectivity index (χ2v) is 6.06. The van der Waals surface area contributed by atoms with Crippen LogP contribution < -0.4 is 5.73 Å². The fourth-order valence-corrected chi connectivity index (χ4v) is 2.91. The van der Waals surface area contributed by atoms with E-state index < -0.39 is 0 Å². The fraction of sp³-hybridized carbons (Fsp3) is 0.533. The Morgan fingerprint density at radius 3 is 2.65 bits per heavy atom. The van der Waals surface area contributed by atoms with Crippen molar-refractivity contribution in [2.45, 2.75) is 44.6 Å². The van der Waals surface area contributed by atoms with Crippen LogP contribution in [0.25, 0.3) is 5.69 Å². The normalized spacial score (nSPS) is 26.6. The van der Waals surface area contributed by atoms with Crippen molar-refractivity contribution < 1.29 is 0 Å². The maximum Gasteiger partial charge on any atom is 0.158 e. The van der Waals surface area contributed by atoms with Gasteiger partial charge in [-0.25, -0.2) is 0 Å². The molecule has 2 N–H and O–H groups in total. The molecule has 1 aromatic carbocycles. The summed E-state index contributed by atoms with van der Waals surface area (Å²) in [6.45, 7) is 2.30. The first-order valence-electron chi connectivity index (χ1n) is 7.28. The Morgan fingerprint density at radius 1 is 1.25 bits per heavy atom. The lowest BCUT2D eigenvalue weighted by molar-refractivity contribution is 0.239. The van der Waals surface area contributed by atoms with E-state index in [0.717, 1.165) is 36.7 Å². The molecule has 0 amide bonds. The molecule has 0 saturated heterocycles. The summed E-state index contributed by atoms with van der Waals surface area (Å²) >= 11 is 0. The summed E-state index contributed by atoms with van der Waals surface area (Å²) in [6.07, 6.45) is 5.24.